The van der Waals surface area contributed by atoms with Crippen molar-refractivity contribution in [3.8, 4) is 0 Å². The summed E-state index contributed by atoms with van der Waals surface area (Å²) in [6.07, 6.45) is 0.220. The van der Waals surface area contributed by atoms with Gasteiger partial charge in [0.2, 0.25) is 5.91 Å². The molecule has 0 unspecified atom stereocenters. The van der Waals surface area contributed by atoms with E-state index in [0.29, 0.717) is 0 Å². The van der Waals surface area contributed by atoms with Crippen molar-refractivity contribution in [3.05, 3.63) is 52.5 Å². The van der Waals surface area contributed by atoms with E-state index in [-0.39, 0.29) is 23.9 Å². The number of hydrogen-bond donors (Lipinski definition) is 1. The highest BCUT2D eigenvalue weighted by Crippen LogP contribution is 2.31. The first-order valence-electron chi connectivity index (χ1n) is 10.2. The van der Waals surface area contributed by atoms with Crippen molar-refractivity contribution < 1.29 is 9.53 Å². The van der Waals surface area contributed by atoms with Crippen LogP contribution in [0.2, 0.25) is 0 Å². The molecular formula is C23H25BrN4O2S. The smallest absolute Gasteiger partial charge is 0.234 e. The van der Waals surface area contributed by atoms with E-state index in [1.54, 1.807) is 0 Å². The fourth-order valence-electron chi connectivity index (χ4n) is 3.68. The second-order valence-electron chi connectivity index (χ2n) is 7.80. The average Bonchev–Trinajstić information content (AvgIpc) is 2.73. The first-order valence-corrected chi connectivity index (χ1v) is 12.0. The maximum atomic E-state index is 12.6. The zero-order chi connectivity index (χ0) is 22.0. The third-order valence-electron chi connectivity index (χ3n) is 5.02. The van der Waals surface area contributed by atoms with Gasteiger partial charge in [-0.05, 0) is 56.7 Å². The molecule has 1 fully saturated rings. The van der Waals surface area contributed by atoms with Crippen LogP contribution >= 0.6 is 27.7 Å². The summed E-state index contributed by atoms with van der Waals surface area (Å²) in [5.41, 5.74) is 3.53. The van der Waals surface area contributed by atoms with E-state index < -0.39 is 0 Å². The standard InChI is InChI=1S/C23H25BrN4O2S/c1-14-10-17(8-9-18(14)24)25-21(29)13-31-23-22(28-11-15(2)30-16(3)12-28)26-19-6-4-5-7-20(19)27-23/h4-10,15-16H,11-13H2,1-3H3,(H,25,29)/t15-,16+. The Bertz CT molecular complexity index is 1100. The molecule has 1 N–H and O–H groups in total. The molecule has 1 aliphatic heterocycles. The van der Waals surface area contributed by atoms with Crippen molar-refractivity contribution in [2.75, 3.05) is 29.1 Å². The Hall–Kier alpha value is -2.16. The molecule has 3 aromatic rings. The zero-order valence-electron chi connectivity index (χ0n) is 17.8. The van der Waals surface area contributed by atoms with Gasteiger partial charge in [-0.3, -0.25) is 4.79 Å². The largest absolute Gasteiger partial charge is 0.372 e. The lowest BCUT2D eigenvalue weighted by molar-refractivity contribution is -0.113. The molecule has 4 rings (SSSR count). The van der Waals surface area contributed by atoms with E-state index in [4.69, 9.17) is 14.7 Å². The molecule has 1 amide bonds. The summed E-state index contributed by atoms with van der Waals surface area (Å²) in [4.78, 5) is 24.6. The first kappa shape index (κ1) is 22.0. The number of thioether (sulfide) groups is 1. The van der Waals surface area contributed by atoms with Gasteiger partial charge < -0.3 is 15.0 Å². The Morgan fingerprint density at radius 2 is 1.84 bits per heavy atom. The number of carbonyl (C=O) groups excluding carboxylic acids is 1. The molecule has 8 heteroatoms. The Labute approximate surface area is 194 Å². The number of benzene rings is 2. The Balaban J connectivity index is 1.55. The Morgan fingerprint density at radius 3 is 2.52 bits per heavy atom. The predicted octanol–water partition coefficient (Wildman–Crippen LogP) is 5.05. The molecule has 1 aromatic heterocycles. The molecule has 0 radical (unpaired) electrons. The van der Waals surface area contributed by atoms with E-state index in [1.807, 2.05) is 49.4 Å². The lowest BCUT2D eigenvalue weighted by Gasteiger charge is -2.36. The maximum Gasteiger partial charge on any atom is 0.234 e. The molecule has 2 heterocycles. The number of para-hydroxylation sites is 2. The third kappa shape index (κ3) is 5.37. The van der Waals surface area contributed by atoms with Gasteiger partial charge in [0.05, 0.1) is 29.0 Å². The Kier molecular flexibility index (Phi) is 6.79. The van der Waals surface area contributed by atoms with Gasteiger partial charge in [0.15, 0.2) is 5.82 Å². The predicted molar refractivity (Wildman–Crippen MR) is 130 cm³/mol. The minimum atomic E-state index is -0.0728. The van der Waals surface area contributed by atoms with Gasteiger partial charge in [-0.25, -0.2) is 9.97 Å². The van der Waals surface area contributed by atoms with E-state index >= 15 is 0 Å². The third-order valence-corrected chi connectivity index (χ3v) is 6.87. The fraction of sp³-hybridized carbons (Fsp3) is 0.348. The number of nitrogens with zero attached hydrogens (tertiary/aromatic N) is 3. The van der Waals surface area contributed by atoms with Gasteiger partial charge in [-0.2, -0.15) is 0 Å². The molecule has 31 heavy (non-hydrogen) atoms. The SMILES string of the molecule is Cc1cc(NC(=O)CSc2nc3ccccc3nc2N2C[C@@H](C)O[C@@H](C)C2)ccc1Br. The molecule has 0 spiro atoms. The van der Waals surface area contributed by atoms with Crippen LogP contribution in [0.15, 0.2) is 52.0 Å². The lowest BCUT2D eigenvalue weighted by Crippen LogP contribution is -2.46. The molecule has 2 aromatic carbocycles. The van der Waals surface area contributed by atoms with Gasteiger partial charge in [0.1, 0.15) is 5.03 Å². The van der Waals surface area contributed by atoms with Crippen LogP contribution in [0.5, 0.6) is 0 Å². The number of morpholine rings is 1. The van der Waals surface area contributed by atoms with E-state index in [1.165, 1.54) is 11.8 Å². The van der Waals surface area contributed by atoms with Crippen molar-refractivity contribution in [2.45, 2.75) is 38.0 Å². The lowest BCUT2D eigenvalue weighted by atomic mass is 10.2. The van der Waals surface area contributed by atoms with Crippen LogP contribution in [-0.2, 0) is 9.53 Å². The van der Waals surface area contributed by atoms with Crippen LogP contribution in [0.4, 0.5) is 11.5 Å². The zero-order valence-corrected chi connectivity index (χ0v) is 20.2. The number of hydrogen-bond acceptors (Lipinski definition) is 6. The van der Waals surface area contributed by atoms with Crippen molar-refractivity contribution in [2.24, 2.45) is 0 Å². The summed E-state index contributed by atoms with van der Waals surface area (Å²) in [6.45, 7) is 7.62. The number of halogens is 1. The molecule has 6 nitrogen and oxygen atoms in total. The molecule has 2 atom stereocenters. The van der Waals surface area contributed by atoms with Crippen LogP contribution in [0.3, 0.4) is 0 Å². The molecule has 1 aliphatic rings. The molecule has 0 saturated carbocycles. The van der Waals surface area contributed by atoms with Crippen LogP contribution in [-0.4, -0.2) is 46.9 Å². The van der Waals surface area contributed by atoms with Crippen molar-refractivity contribution in [1.82, 2.24) is 9.97 Å². The maximum absolute atomic E-state index is 12.6. The quantitative estimate of drug-likeness (QED) is 0.494. The van der Waals surface area contributed by atoms with Gasteiger partial charge in [0.25, 0.3) is 0 Å². The van der Waals surface area contributed by atoms with Crippen LogP contribution in [0, 0.1) is 6.92 Å². The number of amides is 1. The molecule has 0 aliphatic carbocycles. The normalized spacial score (nSPS) is 18.9. The molecule has 162 valence electrons. The van der Waals surface area contributed by atoms with Crippen molar-refractivity contribution >= 4 is 56.1 Å². The second kappa shape index (κ2) is 9.54. The Morgan fingerprint density at radius 1 is 1.16 bits per heavy atom. The summed E-state index contributed by atoms with van der Waals surface area (Å²) < 4.78 is 6.90. The van der Waals surface area contributed by atoms with Crippen LogP contribution in [0.1, 0.15) is 19.4 Å². The number of nitrogens with one attached hydrogen (secondary N) is 1. The van der Waals surface area contributed by atoms with Crippen molar-refractivity contribution in [1.29, 1.82) is 0 Å². The molecular weight excluding hydrogens is 476 g/mol. The van der Waals surface area contributed by atoms with Gasteiger partial charge in [0, 0.05) is 23.2 Å². The van der Waals surface area contributed by atoms with Gasteiger partial charge in [-0.1, -0.05) is 39.8 Å². The van der Waals surface area contributed by atoms with Crippen molar-refractivity contribution in [3.63, 3.8) is 0 Å². The molecule has 1 saturated heterocycles. The minimum absolute atomic E-state index is 0.0728. The summed E-state index contributed by atoms with van der Waals surface area (Å²) in [5, 5.41) is 3.73. The topological polar surface area (TPSA) is 67.4 Å². The summed E-state index contributed by atoms with van der Waals surface area (Å²) in [6, 6.07) is 13.6. The molecule has 0 bridgehead atoms. The number of rotatable bonds is 5. The number of anilines is 2. The number of fused-ring (bicyclic) bond motifs is 1. The van der Waals surface area contributed by atoms with E-state index in [9.17, 15) is 4.79 Å². The number of aromatic nitrogens is 2. The number of ether oxygens (including phenoxy) is 1. The highest BCUT2D eigenvalue weighted by Gasteiger charge is 2.26. The van der Waals surface area contributed by atoms with E-state index in [2.05, 4.69) is 40.0 Å². The summed E-state index contributed by atoms with van der Waals surface area (Å²) in [5.74, 6) is 0.999. The highest BCUT2D eigenvalue weighted by molar-refractivity contribution is 9.10. The summed E-state index contributed by atoms with van der Waals surface area (Å²) >= 11 is 4.90. The van der Waals surface area contributed by atoms with Gasteiger partial charge >= 0.3 is 0 Å². The second-order valence-corrected chi connectivity index (χ2v) is 9.62. The highest BCUT2D eigenvalue weighted by atomic mass is 79.9. The average molecular weight is 501 g/mol. The van der Waals surface area contributed by atoms with E-state index in [0.717, 1.165) is 50.7 Å². The minimum Gasteiger partial charge on any atom is -0.372 e. The first-order chi connectivity index (χ1) is 14.9. The number of carbonyl (C=O) groups is 1. The number of aryl methyl sites for hydroxylation is 1. The van der Waals surface area contributed by atoms with Crippen LogP contribution in [0.25, 0.3) is 11.0 Å². The van der Waals surface area contributed by atoms with Crippen LogP contribution < -0.4 is 10.2 Å². The summed E-state index contributed by atoms with van der Waals surface area (Å²) in [7, 11) is 0. The fourth-order valence-corrected chi connectivity index (χ4v) is 4.73. The van der Waals surface area contributed by atoms with Gasteiger partial charge in [-0.15, -0.1) is 0 Å². The monoisotopic (exact) mass is 500 g/mol.